The van der Waals surface area contributed by atoms with Crippen LogP contribution in [0.2, 0.25) is 0 Å². The van der Waals surface area contributed by atoms with E-state index in [-0.39, 0.29) is 10.6 Å². The first-order chi connectivity index (χ1) is 12.1. The maximum atomic E-state index is 10.8. The van der Waals surface area contributed by atoms with Gasteiger partial charge >= 0.3 is 0 Å². The lowest BCUT2D eigenvalue weighted by Gasteiger charge is -2.31. The van der Waals surface area contributed by atoms with Crippen molar-refractivity contribution in [1.82, 2.24) is 9.88 Å². The second-order valence-corrected chi connectivity index (χ2v) is 6.35. The third-order valence-electron chi connectivity index (χ3n) is 4.50. The molecule has 2 rings (SSSR count). The molecule has 0 radical (unpaired) electrons. The average Bonchev–Trinajstić information content (AvgIpc) is 2.63. The average molecular weight is 341 g/mol. The topological polar surface area (TPSA) is 59.3 Å². The minimum absolute atomic E-state index is 0.137. The van der Waals surface area contributed by atoms with Crippen molar-refractivity contribution in [2.24, 2.45) is 0 Å². The highest BCUT2D eigenvalue weighted by Gasteiger charge is 2.18. The molecular formula is C20H27N3O2. The van der Waals surface area contributed by atoms with Crippen LogP contribution in [0.25, 0.3) is 0 Å². The second-order valence-electron chi connectivity index (χ2n) is 6.35. The zero-order chi connectivity index (χ0) is 18.1. The van der Waals surface area contributed by atoms with Crippen molar-refractivity contribution in [2.75, 3.05) is 0 Å². The molecule has 5 nitrogen and oxygen atoms in total. The predicted octanol–water partition coefficient (Wildman–Crippen LogP) is 4.96. The van der Waals surface area contributed by atoms with Gasteiger partial charge in [-0.05, 0) is 30.5 Å². The van der Waals surface area contributed by atoms with Gasteiger partial charge in [0, 0.05) is 37.5 Å². The number of nitro groups is 1. The molecule has 0 spiro atoms. The lowest BCUT2D eigenvalue weighted by Crippen LogP contribution is -2.34. The fourth-order valence-corrected chi connectivity index (χ4v) is 3.06. The van der Waals surface area contributed by atoms with Crippen LogP contribution >= 0.6 is 0 Å². The Morgan fingerprint density at radius 3 is 2.44 bits per heavy atom. The molecule has 0 bridgehead atoms. The Balaban J connectivity index is 2.15. The van der Waals surface area contributed by atoms with Gasteiger partial charge in [0.2, 0.25) is 0 Å². The van der Waals surface area contributed by atoms with Gasteiger partial charge in [-0.2, -0.15) is 0 Å². The number of nitro benzene ring substituents is 1. The first-order valence-corrected chi connectivity index (χ1v) is 9.01. The minimum Gasteiger partial charge on any atom is -0.290 e. The number of non-ortho nitro benzene ring substituents is 1. The molecule has 134 valence electrons. The van der Waals surface area contributed by atoms with Crippen molar-refractivity contribution < 1.29 is 4.92 Å². The van der Waals surface area contributed by atoms with Crippen molar-refractivity contribution in [2.45, 2.75) is 58.7 Å². The van der Waals surface area contributed by atoms with Gasteiger partial charge in [-0.25, -0.2) is 0 Å². The van der Waals surface area contributed by atoms with E-state index in [0.717, 1.165) is 37.2 Å². The van der Waals surface area contributed by atoms with Crippen molar-refractivity contribution in [3.05, 3.63) is 70.0 Å². The summed E-state index contributed by atoms with van der Waals surface area (Å²) in [6, 6.07) is 13.4. The molecule has 1 atom stereocenters. The summed E-state index contributed by atoms with van der Waals surface area (Å²) in [4.78, 5) is 17.4. The van der Waals surface area contributed by atoms with Crippen LogP contribution in [0.3, 0.4) is 0 Å². The number of nitrogens with zero attached hydrogens (tertiary/aromatic N) is 3. The highest BCUT2D eigenvalue weighted by atomic mass is 16.6. The van der Waals surface area contributed by atoms with E-state index in [1.807, 2.05) is 30.5 Å². The number of benzene rings is 1. The summed E-state index contributed by atoms with van der Waals surface area (Å²) in [5, 5.41) is 10.8. The largest absolute Gasteiger partial charge is 0.290 e. The van der Waals surface area contributed by atoms with E-state index < -0.39 is 0 Å². The summed E-state index contributed by atoms with van der Waals surface area (Å²) < 4.78 is 0. The van der Waals surface area contributed by atoms with Crippen molar-refractivity contribution in [1.29, 1.82) is 0 Å². The first kappa shape index (κ1) is 19.1. The van der Waals surface area contributed by atoms with E-state index in [4.69, 9.17) is 0 Å². The van der Waals surface area contributed by atoms with Crippen molar-refractivity contribution in [3.8, 4) is 0 Å². The molecule has 1 aromatic heterocycles. The maximum absolute atomic E-state index is 10.8. The number of hydrogen-bond acceptors (Lipinski definition) is 4. The fourth-order valence-electron chi connectivity index (χ4n) is 3.06. The lowest BCUT2D eigenvalue weighted by molar-refractivity contribution is -0.384. The molecule has 0 saturated carbocycles. The molecule has 0 aliphatic carbocycles. The molecule has 0 saturated heterocycles. The molecule has 0 aliphatic heterocycles. The Morgan fingerprint density at radius 2 is 1.88 bits per heavy atom. The minimum atomic E-state index is -0.356. The SMILES string of the molecule is CCCCC(CC)N(Cc1ccc([N+](=O)[O-])cc1)Cc1ccccn1. The third-order valence-corrected chi connectivity index (χ3v) is 4.50. The van der Waals surface area contributed by atoms with Crippen LogP contribution in [0.4, 0.5) is 5.69 Å². The summed E-state index contributed by atoms with van der Waals surface area (Å²) in [5.74, 6) is 0. The highest BCUT2D eigenvalue weighted by molar-refractivity contribution is 5.32. The standard InChI is InChI=1S/C20H27N3O2/c1-3-5-9-19(4-2)22(16-18-8-6-7-14-21-18)15-17-10-12-20(13-11-17)23(24)25/h6-8,10-14,19H,3-5,9,15-16H2,1-2H3. The predicted molar refractivity (Wildman–Crippen MR) is 100 cm³/mol. The van der Waals surface area contributed by atoms with Crippen LogP contribution in [0, 0.1) is 10.1 Å². The Morgan fingerprint density at radius 1 is 1.12 bits per heavy atom. The van der Waals surface area contributed by atoms with Crippen LogP contribution < -0.4 is 0 Å². The molecular weight excluding hydrogens is 314 g/mol. The van der Waals surface area contributed by atoms with Crippen LogP contribution in [0.15, 0.2) is 48.7 Å². The smallest absolute Gasteiger partial charge is 0.269 e. The Hall–Kier alpha value is -2.27. The Bertz CT molecular complexity index is 644. The van der Waals surface area contributed by atoms with Gasteiger partial charge in [-0.15, -0.1) is 0 Å². The van der Waals surface area contributed by atoms with E-state index in [0.29, 0.717) is 6.04 Å². The molecule has 25 heavy (non-hydrogen) atoms. The summed E-state index contributed by atoms with van der Waals surface area (Å²) >= 11 is 0. The van der Waals surface area contributed by atoms with Gasteiger partial charge in [0.15, 0.2) is 0 Å². The third kappa shape index (κ3) is 5.94. The van der Waals surface area contributed by atoms with Gasteiger partial charge in [0.1, 0.15) is 0 Å². The summed E-state index contributed by atoms with van der Waals surface area (Å²) in [7, 11) is 0. The molecule has 0 fully saturated rings. The van der Waals surface area contributed by atoms with E-state index in [1.54, 1.807) is 12.1 Å². The van der Waals surface area contributed by atoms with E-state index >= 15 is 0 Å². The van der Waals surface area contributed by atoms with Crippen molar-refractivity contribution >= 4 is 5.69 Å². The summed E-state index contributed by atoms with van der Waals surface area (Å²) in [6.07, 6.45) is 6.46. The van der Waals surface area contributed by atoms with Crippen LogP contribution in [0.1, 0.15) is 50.8 Å². The van der Waals surface area contributed by atoms with Gasteiger partial charge in [0.05, 0.1) is 10.6 Å². The zero-order valence-corrected chi connectivity index (χ0v) is 15.1. The van der Waals surface area contributed by atoms with Gasteiger partial charge < -0.3 is 0 Å². The number of unbranched alkanes of at least 4 members (excludes halogenated alkanes) is 1. The summed E-state index contributed by atoms with van der Waals surface area (Å²) in [6.45, 7) is 6.00. The normalized spacial score (nSPS) is 12.3. The molecule has 0 aliphatic rings. The molecule has 2 aromatic rings. The Kier molecular flexibility index (Phi) is 7.54. The van der Waals surface area contributed by atoms with Crippen LogP contribution in [0.5, 0.6) is 0 Å². The number of aromatic nitrogens is 1. The first-order valence-electron chi connectivity index (χ1n) is 9.01. The monoisotopic (exact) mass is 341 g/mol. The van der Waals surface area contributed by atoms with E-state index in [1.165, 1.54) is 12.8 Å². The van der Waals surface area contributed by atoms with Crippen LogP contribution in [-0.4, -0.2) is 20.8 Å². The van der Waals surface area contributed by atoms with Gasteiger partial charge in [-0.1, -0.05) is 44.9 Å². The summed E-state index contributed by atoms with van der Waals surface area (Å²) in [5.41, 5.74) is 2.29. The number of rotatable bonds is 10. The zero-order valence-electron chi connectivity index (χ0n) is 15.1. The van der Waals surface area contributed by atoms with E-state index in [2.05, 4.69) is 29.8 Å². The quantitative estimate of drug-likeness (QED) is 0.452. The molecule has 0 amide bonds. The molecule has 1 unspecified atom stereocenters. The van der Waals surface area contributed by atoms with Crippen molar-refractivity contribution in [3.63, 3.8) is 0 Å². The number of pyridine rings is 1. The van der Waals surface area contributed by atoms with Gasteiger partial charge in [-0.3, -0.25) is 20.0 Å². The molecule has 1 aromatic carbocycles. The molecule has 1 heterocycles. The maximum Gasteiger partial charge on any atom is 0.269 e. The fraction of sp³-hybridized carbons (Fsp3) is 0.450. The van der Waals surface area contributed by atoms with E-state index in [9.17, 15) is 10.1 Å². The highest BCUT2D eigenvalue weighted by Crippen LogP contribution is 2.20. The van der Waals surface area contributed by atoms with Gasteiger partial charge in [0.25, 0.3) is 5.69 Å². The molecule has 5 heteroatoms. The second kappa shape index (κ2) is 9.89. The lowest BCUT2D eigenvalue weighted by atomic mass is 10.0. The Labute approximate surface area is 149 Å². The van der Waals surface area contributed by atoms with Crippen LogP contribution in [-0.2, 0) is 13.1 Å². The number of hydrogen-bond donors (Lipinski definition) is 0. The molecule has 0 N–H and O–H groups in total.